The van der Waals surface area contributed by atoms with Gasteiger partial charge in [-0.05, 0) is 60.0 Å². The molecular formula is C19H19Br2N3O3. The summed E-state index contributed by atoms with van der Waals surface area (Å²) >= 11 is 6.87. The van der Waals surface area contributed by atoms with Crippen molar-refractivity contribution in [3.8, 4) is 6.07 Å². The lowest BCUT2D eigenvalue weighted by Gasteiger charge is -2.17. The van der Waals surface area contributed by atoms with E-state index in [0.29, 0.717) is 21.4 Å². The molecule has 0 aliphatic rings. The van der Waals surface area contributed by atoms with Gasteiger partial charge in [0.15, 0.2) is 0 Å². The number of amides is 1. The molecule has 1 aromatic heterocycles. The molecule has 0 unspecified atom stereocenters. The van der Waals surface area contributed by atoms with Gasteiger partial charge in [-0.25, -0.2) is 0 Å². The van der Waals surface area contributed by atoms with Crippen LogP contribution in [0.3, 0.4) is 0 Å². The standard InChI is InChI=1S/C19H19Br2N3O3/c1-10-11(2)16(6-5-15(10)20)23-17(25)8-24-12(3)18(21)14(9-27-4)13(7-22)19(24)26/h5-6H,8-9H2,1-4H3,(H,23,25). The zero-order valence-electron chi connectivity index (χ0n) is 15.4. The largest absolute Gasteiger partial charge is 0.380 e. The van der Waals surface area contributed by atoms with Crippen molar-refractivity contribution >= 4 is 43.5 Å². The van der Waals surface area contributed by atoms with E-state index in [4.69, 9.17) is 4.74 Å². The molecule has 0 saturated heterocycles. The number of hydrogen-bond acceptors (Lipinski definition) is 4. The van der Waals surface area contributed by atoms with Crippen molar-refractivity contribution in [2.24, 2.45) is 0 Å². The fourth-order valence-corrected chi connectivity index (χ4v) is 3.66. The summed E-state index contributed by atoms with van der Waals surface area (Å²) in [5.74, 6) is -0.347. The van der Waals surface area contributed by atoms with Crippen molar-refractivity contribution < 1.29 is 9.53 Å². The number of methoxy groups -OCH3 is 1. The van der Waals surface area contributed by atoms with Crippen LogP contribution in [0.1, 0.15) is 27.9 Å². The molecule has 2 rings (SSSR count). The average molecular weight is 497 g/mol. The first-order valence-electron chi connectivity index (χ1n) is 8.09. The van der Waals surface area contributed by atoms with Crippen LogP contribution in [0.25, 0.3) is 0 Å². The molecule has 0 radical (unpaired) electrons. The number of anilines is 1. The number of ether oxygens (including phenoxy) is 1. The van der Waals surface area contributed by atoms with Gasteiger partial charge in [-0.3, -0.25) is 9.59 Å². The Bertz CT molecular complexity index is 1010. The zero-order valence-corrected chi connectivity index (χ0v) is 18.6. The molecule has 8 heteroatoms. The highest BCUT2D eigenvalue weighted by atomic mass is 79.9. The Morgan fingerprint density at radius 3 is 2.52 bits per heavy atom. The van der Waals surface area contributed by atoms with Crippen LogP contribution in [0.4, 0.5) is 5.69 Å². The molecule has 6 nitrogen and oxygen atoms in total. The number of benzene rings is 1. The van der Waals surface area contributed by atoms with Crippen LogP contribution >= 0.6 is 31.9 Å². The third kappa shape index (κ3) is 4.32. The summed E-state index contributed by atoms with van der Waals surface area (Å²) in [4.78, 5) is 25.3. The Kier molecular flexibility index (Phi) is 6.98. The summed E-state index contributed by atoms with van der Waals surface area (Å²) in [5, 5.41) is 12.2. The van der Waals surface area contributed by atoms with Crippen molar-refractivity contribution in [3.63, 3.8) is 0 Å². The average Bonchev–Trinajstić information content (AvgIpc) is 2.64. The minimum atomic E-state index is -0.510. The van der Waals surface area contributed by atoms with Crippen molar-refractivity contribution in [2.75, 3.05) is 12.4 Å². The first kappa shape index (κ1) is 21.4. The lowest BCUT2D eigenvalue weighted by atomic mass is 10.1. The predicted octanol–water partition coefficient (Wildman–Crippen LogP) is 3.96. The second-order valence-electron chi connectivity index (χ2n) is 6.08. The molecule has 27 heavy (non-hydrogen) atoms. The molecule has 1 N–H and O–H groups in total. The van der Waals surface area contributed by atoms with Crippen LogP contribution in [0, 0.1) is 32.1 Å². The number of rotatable bonds is 5. The fraction of sp³-hybridized carbons (Fsp3) is 0.316. The number of hydrogen-bond donors (Lipinski definition) is 1. The Hall–Kier alpha value is -1.95. The van der Waals surface area contributed by atoms with E-state index in [-0.39, 0.29) is 24.6 Å². The van der Waals surface area contributed by atoms with Crippen LogP contribution in [0.15, 0.2) is 25.9 Å². The number of carbonyl (C=O) groups excluding carboxylic acids is 1. The molecule has 0 bridgehead atoms. The van der Waals surface area contributed by atoms with Crippen molar-refractivity contribution in [1.29, 1.82) is 5.26 Å². The first-order chi connectivity index (χ1) is 12.7. The molecule has 2 aromatic rings. The SMILES string of the molecule is COCc1c(Br)c(C)n(CC(=O)Nc2ccc(Br)c(C)c2C)c(=O)c1C#N. The molecule has 1 amide bonds. The smallest absolute Gasteiger partial charge is 0.269 e. The molecule has 0 saturated carbocycles. The number of aromatic nitrogens is 1. The van der Waals surface area contributed by atoms with Gasteiger partial charge in [0.25, 0.3) is 5.56 Å². The number of halogens is 2. The molecule has 142 valence electrons. The quantitative estimate of drug-likeness (QED) is 0.679. The van der Waals surface area contributed by atoms with Gasteiger partial charge in [-0.2, -0.15) is 5.26 Å². The lowest BCUT2D eigenvalue weighted by molar-refractivity contribution is -0.116. The van der Waals surface area contributed by atoms with Crippen molar-refractivity contribution in [1.82, 2.24) is 4.57 Å². The molecule has 0 aliphatic carbocycles. The minimum absolute atomic E-state index is 0.0298. The Balaban J connectivity index is 2.39. The van der Waals surface area contributed by atoms with E-state index in [1.54, 1.807) is 13.0 Å². The summed E-state index contributed by atoms with van der Waals surface area (Å²) in [5.41, 5.74) is 3.16. The second-order valence-corrected chi connectivity index (χ2v) is 7.73. The highest BCUT2D eigenvalue weighted by Crippen LogP contribution is 2.26. The van der Waals surface area contributed by atoms with E-state index >= 15 is 0 Å². The third-order valence-corrected chi connectivity index (χ3v) is 6.36. The topological polar surface area (TPSA) is 84.1 Å². The first-order valence-corrected chi connectivity index (χ1v) is 9.67. The minimum Gasteiger partial charge on any atom is -0.380 e. The summed E-state index contributed by atoms with van der Waals surface area (Å²) in [6.45, 7) is 5.52. The zero-order chi connectivity index (χ0) is 20.3. The molecule has 0 aliphatic heterocycles. The molecule has 1 heterocycles. The molecule has 1 aromatic carbocycles. The monoisotopic (exact) mass is 495 g/mol. The molecule has 0 fully saturated rings. The normalized spacial score (nSPS) is 10.6. The van der Waals surface area contributed by atoms with E-state index in [2.05, 4.69) is 37.2 Å². The van der Waals surface area contributed by atoms with Gasteiger partial charge in [-0.1, -0.05) is 15.9 Å². The third-order valence-electron chi connectivity index (χ3n) is 4.45. The van der Waals surface area contributed by atoms with Gasteiger partial charge in [0.1, 0.15) is 18.2 Å². The van der Waals surface area contributed by atoms with E-state index in [0.717, 1.165) is 15.6 Å². The fourth-order valence-electron chi connectivity index (χ4n) is 2.70. The van der Waals surface area contributed by atoms with E-state index in [1.807, 2.05) is 26.0 Å². The Labute approximate surface area is 174 Å². The lowest BCUT2D eigenvalue weighted by Crippen LogP contribution is -2.32. The van der Waals surface area contributed by atoms with Gasteiger partial charge in [-0.15, -0.1) is 0 Å². The number of nitrogens with one attached hydrogen (secondary N) is 1. The predicted molar refractivity (Wildman–Crippen MR) is 111 cm³/mol. The van der Waals surface area contributed by atoms with Crippen LogP contribution in [-0.4, -0.2) is 17.6 Å². The van der Waals surface area contributed by atoms with Gasteiger partial charge in [0, 0.05) is 33.0 Å². The maximum Gasteiger partial charge on any atom is 0.269 e. The number of nitriles is 1. The molecule has 0 spiro atoms. The highest BCUT2D eigenvalue weighted by Gasteiger charge is 2.20. The van der Waals surface area contributed by atoms with Gasteiger partial charge >= 0.3 is 0 Å². The maximum atomic E-state index is 12.7. The Morgan fingerprint density at radius 1 is 1.26 bits per heavy atom. The molecule has 0 atom stereocenters. The van der Waals surface area contributed by atoms with E-state index in [1.165, 1.54) is 11.7 Å². The number of nitrogens with zero attached hydrogens (tertiary/aromatic N) is 2. The Morgan fingerprint density at radius 2 is 1.93 bits per heavy atom. The van der Waals surface area contributed by atoms with Gasteiger partial charge in [0.2, 0.25) is 5.91 Å². The summed E-state index contributed by atoms with van der Waals surface area (Å²) < 4.78 is 7.92. The van der Waals surface area contributed by atoms with Crippen LogP contribution in [0.5, 0.6) is 0 Å². The highest BCUT2D eigenvalue weighted by molar-refractivity contribution is 9.10. The summed E-state index contributed by atoms with van der Waals surface area (Å²) in [6, 6.07) is 5.59. The summed E-state index contributed by atoms with van der Waals surface area (Å²) in [7, 11) is 1.49. The van der Waals surface area contributed by atoms with Gasteiger partial charge in [0.05, 0.1) is 6.61 Å². The summed E-state index contributed by atoms with van der Waals surface area (Å²) in [6.07, 6.45) is 0. The second kappa shape index (κ2) is 8.83. The van der Waals surface area contributed by atoms with E-state index in [9.17, 15) is 14.9 Å². The van der Waals surface area contributed by atoms with Crippen molar-refractivity contribution in [2.45, 2.75) is 33.9 Å². The molecular weight excluding hydrogens is 478 g/mol. The van der Waals surface area contributed by atoms with Gasteiger partial charge < -0.3 is 14.6 Å². The van der Waals surface area contributed by atoms with E-state index < -0.39 is 5.56 Å². The number of pyridine rings is 1. The van der Waals surface area contributed by atoms with Crippen LogP contribution in [-0.2, 0) is 22.7 Å². The van der Waals surface area contributed by atoms with Crippen LogP contribution in [0.2, 0.25) is 0 Å². The number of carbonyl (C=O) groups is 1. The van der Waals surface area contributed by atoms with Crippen molar-refractivity contribution in [3.05, 3.63) is 59.4 Å². The van der Waals surface area contributed by atoms with Crippen LogP contribution < -0.4 is 10.9 Å². The maximum absolute atomic E-state index is 12.7.